The number of sulfonamides is 1. The van der Waals surface area contributed by atoms with Gasteiger partial charge in [-0.25, -0.2) is 13.2 Å². The van der Waals surface area contributed by atoms with E-state index in [-0.39, 0.29) is 30.4 Å². The lowest BCUT2D eigenvalue weighted by Gasteiger charge is -2.41. The quantitative estimate of drug-likeness (QED) is 0.769. The second kappa shape index (κ2) is 6.06. The number of carbonyl (C=O) groups excluding carboxylic acids is 2. The molecule has 0 bridgehead atoms. The first-order chi connectivity index (χ1) is 11.3. The second-order valence-electron chi connectivity index (χ2n) is 5.76. The Morgan fingerprint density at radius 1 is 1.29 bits per heavy atom. The Hall–Kier alpha value is -2.13. The highest BCUT2D eigenvalue weighted by Crippen LogP contribution is 2.28. The molecule has 0 atom stereocenters. The van der Waals surface area contributed by atoms with Gasteiger partial charge in [-0.05, 0) is 37.6 Å². The first kappa shape index (κ1) is 16.7. The number of imide groups is 1. The Balaban J connectivity index is 1.73. The SMILES string of the molecule is CCOc1ccc(S(=O)(=O)N2CC(N3C(=O)CNC3=O)C2)cc1C. The lowest BCUT2D eigenvalue weighted by molar-refractivity contribution is -0.128. The minimum Gasteiger partial charge on any atom is -0.494 e. The summed E-state index contributed by atoms with van der Waals surface area (Å²) in [6.45, 7) is 4.37. The molecule has 1 aromatic carbocycles. The van der Waals surface area contributed by atoms with Gasteiger partial charge < -0.3 is 10.1 Å². The predicted octanol–water partition coefficient (Wildman–Crippen LogP) is 0.318. The molecule has 1 aromatic rings. The Morgan fingerprint density at radius 2 is 2.00 bits per heavy atom. The fourth-order valence-corrected chi connectivity index (χ4v) is 4.43. The number of ether oxygens (including phenoxy) is 1. The fraction of sp³-hybridized carbons (Fsp3) is 0.467. The van der Waals surface area contributed by atoms with Crippen molar-refractivity contribution in [2.75, 3.05) is 26.2 Å². The minimum atomic E-state index is -3.65. The zero-order chi connectivity index (χ0) is 17.5. The van der Waals surface area contributed by atoms with E-state index in [1.165, 1.54) is 10.4 Å². The number of benzene rings is 1. The summed E-state index contributed by atoms with van der Waals surface area (Å²) in [5.41, 5.74) is 0.740. The van der Waals surface area contributed by atoms with Crippen molar-refractivity contribution < 1.29 is 22.7 Å². The Labute approximate surface area is 140 Å². The van der Waals surface area contributed by atoms with E-state index in [2.05, 4.69) is 5.32 Å². The summed E-state index contributed by atoms with van der Waals surface area (Å²) in [6.07, 6.45) is 0. The van der Waals surface area contributed by atoms with E-state index < -0.39 is 22.1 Å². The monoisotopic (exact) mass is 353 g/mol. The number of amides is 3. The molecule has 0 radical (unpaired) electrons. The number of hydrogen-bond acceptors (Lipinski definition) is 5. The maximum absolute atomic E-state index is 12.6. The van der Waals surface area contributed by atoms with Gasteiger partial charge in [0.05, 0.1) is 24.1 Å². The first-order valence-electron chi connectivity index (χ1n) is 7.68. The van der Waals surface area contributed by atoms with Crippen LogP contribution in [0.15, 0.2) is 23.1 Å². The zero-order valence-electron chi connectivity index (χ0n) is 13.5. The fourth-order valence-electron chi connectivity index (χ4n) is 2.83. The molecule has 2 aliphatic rings. The van der Waals surface area contributed by atoms with Crippen LogP contribution in [0.1, 0.15) is 12.5 Å². The highest BCUT2D eigenvalue weighted by molar-refractivity contribution is 7.89. The van der Waals surface area contributed by atoms with Gasteiger partial charge in [0, 0.05) is 13.1 Å². The maximum Gasteiger partial charge on any atom is 0.324 e. The molecule has 2 fully saturated rings. The summed E-state index contributed by atoms with van der Waals surface area (Å²) < 4.78 is 32.0. The summed E-state index contributed by atoms with van der Waals surface area (Å²) in [4.78, 5) is 24.5. The maximum atomic E-state index is 12.6. The average molecular weight is 353 g/mol. The van der Waals surface area contributed by atoms with Crippen LogP contribution in [-0.4, -0.2) is 61.8 Å². The van der Waals surface area contributed by atoms with Gasteiger partial charge in [-0.2, -0.15) is 4.31 Å². The van der Waals surface area contributed by atoms with Crippen LogP contribution in [0, 0.1) is 6.92 Å². The predicted molar refractivity (Wildman–Crippen MR) is 85.1 cm³/mol. The van der Waals surface area contributed by atoms with Gasteiger partial charge in [-0.3, -0.25) is 9.69 Å². The van der Waals surface area contributed by atoms with Crippen LogP contribution in [0.4, 0.5) is 4.79 Å². The lowest BCUT2D eigenvalue weighted by atomic mass is 10.1. The Kier molecular flexibility index (Phi) is 4.22. The van der Waals surface area contributed by atoms with Crippen LogP contribution in [0.3, 0.4) is 0 Å². The van der Waals surface area contributed by atoms with Crippen molar-refractivity contribution in [3.05, 3.63) is 23.8 Å². The number of nitrogens with zero attached hydrogens (tertiary/aromatic N) is 2. The van der Waals surface area contributed by atoms with Crippen molar-refractivity contribution in [3.8, 4) is 5.75 Å². The summed E-state index contributed by atoms with van der Waals surface area (Å²) in [6, 6.07) is 3.86. The molecule has 1 N–H and O–H groups in total. The molecule has 130 valence electrons. The van der Waals surface area contributed by atoms with Crippen LogP contribution in [0.2, 0.25) is 0 Å². The van der Waals surface area contributed by atoms with Gasteiger partial charge >= 0.3 is 6.03 Å². The van der Waals surface area contributed by atoms with Crippen molar-refractivity contribution >= 4 is 22.0 Å². The standard InChI is InChI=1S/C15H19N3O5S/c1-3-23-13-5-4-12(6-10(13)2)24(21,22)17-8-11(9-17)18-14(19)7-16-15(18)20/h4-6,11H,3,7-9H2,1-2H3,(H,16,20). The average Bonchev–Trinajstić information content (AvgIpc) is 2.80. The topological polar surface area (TPSA) is 96.0 Å². The summed E-state index contributed by atoms with van der Waals surface area (Å²) in [7, 11) is -3.65. The molecule has 0 aliphatic carbocycles. The Bertz CT molecular complexity index is 770. The van der Waals surface area contributed by atoms with E-state index in [0.717, 1.165) is 10.5 Å². The molecular weight excluding hydrogens is 334 g/mol. The largest absolute Gasteiger partial charge is 0.494 e. The highest BCUT2D eigenvalue weighted by atomic mass is 32.2. The van der Waals surface area contributed by atoms with E-state index >= 15 is 0 Å². The number of urea groups is 1. The molecule has 24 heavy (non-hydrogen) atoms. The van der Waals surface area contributed by atoms with Crippen molar-refractivity contribution in [1.29, 1.82) is 0 Å². The lowest BCUT2D eigenvalue weighted by Crippen LogP contribution is -2.62. The third-order valence-electron chi connectivity index (χ3n) is 4.16. The summed E-state index contributed by atoms with van der Waals surface area (Å²) in [5.74, 6) is 0.330. The smallest absolute Gasteiger partial charge is 0.324 e. The van der Waals surface area contributed by atoms with E-state index in [1.54, 1.807) is 19.1 Å². The van der Waals surface area contributed by atoms with Gasteiger partial charge in [0.25, 0.3) is 0 Å². The van der Waals surface area contributed by atoms with Crippen LogP contribution in [0.5, 0.6) is 5.75 Å². The van der Waals surface area contributed by atoms with E-state index in [9.17, 15) is 18.0 Å². The molecular formula is C15H19N3O5S. The number of hydrogen-bond donors (Lipinski definition) is 1. The van der Waals surface area contributed by atoms with Gasteiger partial charge in [-0.1, -0.05) is 0 Å². The normalized spacial score (nSPS) is 19.3. The summed E-state index contributed by atoms with van der Waals surface area (Å²) >= 11 is 0. The molecule has 8 nitrogen and oxygen atoms in total. The van der Waals surface area contributed by atoms with Gasteiger partial charge in [-0.15, -0.1) is 0 Å². The third kappa shape index (κ3) is 2.73. The van der Waals surface area contributed by atoms with Crippen molar-refractivity contribution in [2.24, 2.45) is 0 Å². The molecule has 0 spiro atoms. The minimum absolute atomic E-state index is 0.0276. The van der Waals surface area contributed by atoms with Crippen molar-refractivity contribution in [3.63, 3.8) is 0 Å². The molecule has 0 saturated carbocycles. The number of rotatable bonds is 5. The van der Waals surface area contributed by atoms with Gasteiger partial charge in [0.1, 0.15) is 5.75 Å². The Morgan fingerprint density at radius 3 is 2.54 bits per heavy atom. The van der Waals surface area contributed by atoms with Crippen LogP contribution in [-0.2, 0) is 14.8 Å². The molecule has 3 amide bonds. The van der Waals surface area contributed by atoms with E-state index in [0.29, 0.717) is 12.4 Å². The number of nitrogens with one attached hydrogen (secondary N) is 1. The van der Waals surface area contributed by atoms with Crippen LogP contribution >= 0.6 is 0 Å². The highest BCUT2D eigenvalue weighted by Gasteiger charge is 2.45. The number of aryl methyl sites for hydroxylation is 1. The second-order valence-corrected chi connectivity index (χ2v) is 7.70. The van der Waals surface area contributed by atoms with Crippen molar-refractivity contribution in [2.45, 2.75) is 24.8 Å². The first-order valence-corrected chi connectivity index (χ1v) is 9.12. The molecule has 0 unspecified atom stereocenters. The van der Waals surface area contributed by atoms with Crippen molar-refractivity contribution in [1.82, 2.24) is 14.5 Å². The van der Waals surface area contributed by atoms with Gasteiger partial charge in [0.2, 0.25) is 15.9 Å². The van der Waals surface area contributed by atoms with Crippen LogP contribution < -0.4 is 10.1 Å². The zero-order valence-corrected chi connectivity index (χ0v) is 14.3. The number of carbonyl (C=O) groups is 2. The van der Waals surface area contributed by atoms with Gasteiger partial charge in [0.15, 0.2) is 0 Å². The summed E-state index contributed by atoms with van der Waals surface area (Å²) in [5, 5.41) is 2.43. The molecule has 3 rings (SSSR count). The molecule has 2 aliphatic heterocycles. The molecule has 2 heterocycles. The third-order valence-corrected chi connectivity index (χ3v) is 5.98. The molecule has 9 heteroatoms. The van der Waals surface area contributed by atoms with Crippen LogP contribution in [0.25, 0.3) is 0 Å². The van der Waals surface area contributed by atoms with E-state index in [4.69, 9.17) is 4.74 Å². The van der Waals surface area contributed by atoms with E-state index in [1.807, 2.05) is 6.92 Å². The molecule has 2 saturated heterocycles. The molecule has 0 aromatic heterocycles.